The molecule has 148 valence electrons. The Kier molecular flexibility index (Phi) is 5.06. The van der Waals surface area contributed by atoms with Gasteiger partial charge in [0.25, 0.3) is 0 Å². The van der Waals surface area contributed by atoms with E-state index in [9.17, 15) is 4.79 Å². The fourth-order valence-corrected chi connectivity index (χ4v) is 4.85. The van der Waals surface area contributed by atoms with E-state index in [0.29, 0.717) is 6.54 Å². The van der Waals surface area contributed by atoms with Gasteiger partial charge in [-0.25, -0.2) is 14.8 Å². The smallest absolute Gasteiger partial charge is 0.317 e. The summed E-state index contributed by atoms with van der Waals surface area (Å²) in [5.74, 6) is 0. The Hall–Kier alpha value is -2.47. The molecule has 1 saturated carbocycles. The van der Waals surface area contributed by atoms with Gasteiger partial charge >= 0.3 is 6.03 Å². The van der Waals surface area contributed by atoms with E-state index in [-0.39, 0.29) is 17.1 Å². The Morgan fingerprint density at radius 2 is 1.75 bits per heavy atom. The second kappa shape index (κ2) is 7.51. The maximum atomic E-state index is 12.6. The lowest BCUT2D eigenvalue weighted by molar-refractivity contribution is 0.0620. The molecule has 4 rings (SSSR count). The topological polar surface area (TPSA) is 61.4 Å². The number of rotatable bonds is 5. The molecule has 1 aromatic heterocycles. The minimum Gasteiger partial charge on any atom is -0.331 e. The average molecular weight is 380 g/mol. The number of aromatic nitrogens is 2. The van der Waals surface area contributed by atoms with E-state index >= 15 is 0 Å². The minimum atomic E-state index is -0.0986. The first-order chi connectivity index (χ1) is 13.5. The quantitative estimate of drug-likeness (QED) is 0.868. The van der Waals surface area contributed by atoms with Crippen molar-refractivity contribution in [2.75, 3.05) is 27.2 Å². The summed E-state index contributed by atoms with van der Waals surface area (Å²) >= 11 is 0. The normalized spacial score (nSPS) is 27.4. The second-order valence-electron chi connectivity index (χ2n) is 8.42. The molecule has 2 heterocycles. The number of nitrogens with one attached hydrogen (secondary N) is 1. The zero-order valence-corrected chi connectivity index (χ0v) is 16.8. The highest BCUT2D eigenvalue weighted by Crippen LogP contribution is 2.45. The fraction of sp³-hybridized carbons (Fsp3) is 0.500. The number of carbonyl (C=O) groups is 1. The van der Waals surface area contributed by atoms with Crippen LogP contribution in [0.15, 0.2) is 49.1 Å². The van der Waals surface area contributed by atoms with Crippen LogP contribution in [-0.4, -0.2) is 58.5 Å². The van der Waals surface area contributed by atoms with Gasteiger partial charge in [-0.2, -0.15) is 0 Å². The molecule has 0 unspecified atom stereocenters. The van der Waals surface area contributed by atoms with Crippen LogP contribution in [0, 0.1) is 0 Å². The summed E-state index contributed by atoms with van der Waals surface area (Å²) in [6.07, 6.45) is 10.1. The summed E-state index contributed by atoms with van der Waals surface area (Å²) in [7, 11) is 4.35. The summed E-state index contributed by atoms with van der Waals surface area (Å²) < 4.78 is 0. The molecule has 2 aliphatic rings. The predicted molar refractivity (Wildman–Crippen MR) is 109 cm³/mol. The molecule has 0 radical (unpaired) electrons. The molecule has 1 saturated heterocycles. The molecule has 28 heavy (non-hydrogen) atoms. The summed E-state index contributed by atoms with van der Waals surface area (Å²) in [5, 5.41) is 3.32. The van der Waals surface area contributed by atoms with Gasteiger partial charge in [0, 0.05) is 31.0 Å². The van der Waals surface area contributed by atoms with Gasteiger partial charge in [-0.1, -0.05) is 30.3 Å². The van der Waals surface area contributed by atoms with E-state index < -0.39 is 0 Å². The number of benzene rings is 1. The van der Waals surface area contributed by atoms with Gasteiger partial charge in [0.15, 0.2) is 0 Å². The number of nitrogens with zero attached hydrogens (tertiary/aromatic N) is 4. The first-order valence-corrected chi connectivity index (χ1v) is 10.1. The molecule has 2 aromatic rings. The average Bonchev–Trinajstić information content (AvgIpc) is 3.03. The standard InChI is InChI=1S/C22H29N5O/c1-26(2)22(19-6-4-3-5-7-19)11-9-21(10-12-22)16-27(20(28)25-21)13-8-18-14-23-17-24-15-18/h3-7,14-15,17H,8-13,16H2,1-2H3,(H,25,28)/t21-,22+. The number of hydrogen-bond donors (Lipinski definition) is 1. The number of hydrogen-bond acceptors (Lipinski definition) is 4. The van der Waals surface area contributed by atoms with Crippen molar-refractivity contribution < 1.29 is 4.79 Å². The monoisotopic (exact) mass is 379 g/mol. The molecular weight excluding hydrogens is 350 g/mol. The molecule has 6 nitrogen and oxygen atoms in total. The third-order valence-electron chi connectivity index (χ3n) is 6.64. The van der Waals surface area contributed by atoms with Crippen molar-refractivity contribution in [3.8, 4) is 0 Å². The van der Waals surface area contributed by atoms with Crippen LogP contribution in [0.2, 0.25) is 0 Å². The zero-order chi connectivity index (χ0) is 19.6. The molecule has 0 atom stereocenters. The van der Waals surface area contributed by atoms with E-state index in [1.807, 2.05) is 17.3 Å². The third kappa shape index (κ3) is 3.49. The van der Waals surface area contributed by atoms with Gasteiger partial charge in [0.05, 0.1) is 5.54 Å². The van der Waals surface area contributed by atoms with Crippen molar-refractivity contribution in [2.45, 2.75) is 43.2 Å². The molecule has 1 aliphatic heterocycles. The number of carbonyl (C=O) groups excluding carboxylic acids is 1. The van der Waals surface area contributed by atoms with Crippen molar-refractivity contribution >= 4 is 6.03 Å². The summed E-state index contributed by atoms with van der Waals surface area (Å²) in [6, 6.07) is 10.9. The van der Waals surface area contributed by atoms with Crippen molar-refractivity contribution in [2.24, 2.45) is 0 Å². The van der Waals surface area contributed by atoms with E-state index in [1.54, 1.807) is 0 Å². The van der Waals surface area contributed by atoms with Crippen LogP contribution in [0.5, 0.6) is 0 Å². The number of urea groups is 1. The van der Waals surface area contributed by atoms with Crippen LogP contribution >= 0.6 is 0 Å². The highest BCUT2D eigenvalue weighted by atomic mass is 16.2. The van der Waals surface area contributed by atoms with Crippen LogP contribution in [-0.2, 0) is 12.0 Å². The molecule has 2 fully saturated rings. The number of amides is 2. The van der Waals surface area contributed by atoms with Crippen LogP contribution in [0.3, 0.4) is 0 Å². The predicted octanol–water partition coefficient (Wildman–Crippen LogP) is 2.81. The van der Waals surface area contributed by atoms with Gasteiger partial charge in [0.1, 0.15) is 6.33 Å². The third-order valence-corrected chi connectivity index (χ3v) is 6.64. The highest BCUT2D eigenvalue weighted by Gasteiger charge is 2.49. The second-order valence-corrected chi connectivity index (χ2v) is 8.42. The zero-order valence-electron chi connectivity index (χ0n) is 16.8. The molecule has 1 aliphatic carbocycles. The molecule has 1 N–H and O–H groups in total. The molecular formula is C22H29N5O. The first-order valence-electron chi connectivity index (χ1n) is 10.1. The van der Waals surface area contributed by atoms with Crippen molar-refractivity contribution in [3.05, 3.63) is 60.2 Å². The Morgan fingerprint density at radius 1 is 1.07 bits per heavy atom. The van der Waals surface area contributed by atoms with E-state index in [4.69, 9.17) is 0 Å². The summed E-state index contributed by atoms with van der Waals surface area (Å²) in [5.41, 5.74) is 2.39. The maximum Gasteiger partial charge on any atom is 0.317 e. The van der Waals surface area contributed by atoms with Gasteiger partial charge < -0.3 is 10.2 Å². The fourth-order valence-electron chi connectivity index (χ4n) is 4.85. The SMILES string of the molecule is CN(C)[C@]1(c2ccccc2)CC[C@]2(CC1)CN(CCc1cncnc1)C(=O)N2. The minimum absolute atomic E-state index is 0.0477. The highest BCUT2D eigenvalue weighted by molar-refractivity contribution is 5.78. The first kappa shape index (κ1) is 18.9. The summed E-state index contributed by atoms with van der Waals surface area (Å²) in [4.78, 5) is 25.0. The lowest BCUT2D eigenvalue weighted by atomic mass is 9.69. The van der Waals surface area contributed by atoms with E-state index in [1.165, 1.54) is 11.9 Å². The van der Waals surface area contributed by atoms with E-state index in [2.05, 4.69) is 64.6 Å². The lowest BCUT2D eigenvalue weighted by Crippen LogP contribution is -2.54. The van der Waals surface area contributed by atoms with Gasteiger partial charge in [-0.3, -0.25) is 4.90 Å². The van der Waals surface area contributed by atoms with E-state index in [0.717, 1.165) is 44.2 Å². The van der Waals surface area contributed by atoms with Crippen LogP contribution < -0.4 is 5.32 Å². The van der Waals surface area contributed by atoms with Crippen LogP contribution in [0.25, 0.3) is 0 Å². The Labute approximate surface area is 167 Å². The van der Waals surface area contributed by atoms with Gasteiger partial charge in [-0.05, 0) is 57.3 Å². The van der Waals surface area contributed by atoms with Crippen molar-refractivity contribution in [1.29, 1.82) is 0 Å². The van der Waals surface area contributed by atoms with Gasteiger partial charge in [-0.15, -0.1) is 0 Å². The maximum absolute atomic E-state index is 12.6. The van der Waals surface area contributed by atoms with Crippen LogP contribution in [0.1, 0.15) is 36.8 Å². The Balaban J connectivity index is 1.43. The van der Waals surface area contributed by atoms with Gasteiger partial charge in [0.2, 0.25) is 0 Å². The van der Waals surface area contributed by atoms with Crippen LogP contribution in [0.4, 0.5) is 4.79 Å². The Bertz CT molecular complexity index is 800. The Morgan fingerprint density at radius 3 is 2.39 bits per heavy atom. The largest absolute Gasteiger partial charge is 0.331 e. The molecule has 0 bridgehead atoms. The molecule has 1 aromatic carbocycles. The molecule has 1 spiro atoms. The van der Waals surface area contributed by atoms with Crippen molar-refractivity contribution in [3.63, 3.8) is 0 Å². The molecule has 2 amide bonds. The molecule has 6 heteroatoms. The van der Waals surface area contributed by atoms with Crippen molar-refractivity contribution in [1.82, 2.24) is 25.1 Å². The summed E-state index contributed by atoms with van der Waals surface area (Å²) in [6.45, 7) is 1.50. The lowest BCUT2D eigenvalue weighted by Gasteiger charge is -2.48.